The van der Waals surface area contributed by atoms with Gasteiger partial charge in [-0.1, -0.05) is 0 Å². The molecule has 0 radical (unpaired) electrons. The molecule has 0 saturated carbocycles. The highest BCUT2D eigenvalue weighted by Crippen LogP contribution is 2.26. The fourth-order valence-corrected chi connectivity index (χ4v) is 3.56. The van der Waals surface area contributed by atoms with E-state index in [2.05, 4.69) is 10.3 Å². The van der Waals surface area contributed by atoms with E-state index in [0.717, 1.165) is 11.3 Å². The van der Waals surface area contributed by atoms with Gasteiger partial charge < -0.3 is 15.8 Å². The van der Waals surface area contributed by atoms with E-state index in [1.54, 1.807) is 6.07 Å². The lowest BCUT2D eigenvalue weighted by Gasteiger charge is -2.25. The molecule has 3 N–H and O–H groups in total. The zero-order chi connectivity index (χ0) is 15.5. The summed E-state index contributed by atoms with van der Waals surface area (Å²) >= 11 is 0. The standard InChI is InChI=1S/C14H18N4O3S/c15-14-17-12-2-1-11(7-10(12)9-21-14)16-13(19)8-18-3-5-22(20)6-4-18/h1-2,7H,3-6,8-9H2,(H2,15,17)(H,16,19). The number of hydrogen-bond acceptors (Lipinski definition) is 6. The van der Waals surface area contributed by atoms with E-state index in [-0.39, 0.29) is 11.9 Å². The molecule has 2 aliphatic heterocycles. The smallest absolute Gasteiger partial charge is 0.287 e. The van der Waals surface area contributed by atoms with Crippen molar-refractivity contribution in [3.63, 3.8) is 0 Å². The van der Waals surface area contributed by atoms with Gasteiger partial charge in [-0.3, -0.25) is 13.9 Å². The van der Waals surface area contributed by atoms with E-state index >= 15 is 0 Å². The van der Waals surface area contributed by atoms with Crippen molar-refractivity contribution in [2.24, 2.45) is 10.7 Å². The van der Waals surface area contributed by atoms with Crippen molar-refractivity contribution in [1.82, 2.24) is 4.90 Å². The summed E-state index contributed by atoms with van der Waals surface area (Å²) in [5.41, 5.74) is 7.88. The minimum Gasteiger partial charge on any atom is -0.460 e. The summed E-state index contributed by atoms with van der Waals surface area (Å²) in [5.74, 6) is 1.21. The zero-order valence-electron chi connectivity index (χ0n) is 12.1. The lowest BCUT2D eigenvalue weighted by molar-refractivity contribution is -0.117. The fraction of sp³-hybridized carbons (Fsp3) is 0.429. The Morgan fingerprint density at radius 3 is 2.95 bits per heavy atom. The van der Waals surface area contributed by atoms with E-state index < -0.39 is 10.8 Å². The molecule has 0 bridgehead atoms. The topological polar surface area (TPSA) is 97.0 Å². The first-order valence-corrected chi connectivity index (χ1v) is 8.56. The molecule has 2 heterocycles. The molecule has 2 aliphatic rings. The van der Waals surface area contributed by atoms with E-state index in [1.165, 1.54) is 0 Å². The normalized spacial score (nSPS) is 19.0. The Kier molecular flexibility index (Phi) is 4.39. The predicted octanol–water partition coefficient (Wildman–Crippen LogP) is 0.166. The number of carbonyl (C=O) groups is 1. The van der Waals surface area contributed by atoms with Crippen LogP contribution in [0.4, 0.5) is 11.4 Å². The Morgan fingerprint density at radius 1 is 1.41 bits per heavy atom. The average molecular weight is 322 g/mol. The first-order chi connectivity index (χ1) is 10.6. The van der Waals surface area contributed by atoms with Gasteiger partial charge in [-0.25, -0.2) is 0 Å². The number of aliphatic imine (C=N–C) groups is 1. The van der Waals surface area contributed by atoms with Crippen molar-refractivity contribution in [2.45, 2.75) is 6.61 Å². The molecule has 3 rings (SSSR count). The third-order valence-electron chi connectivity index (χ3n) is 3.61. The summed E-state index contributed by atoms with van der Waals surface area (Å²) in [5, 5.41) is 2.87. The molecule has 0 atom stereocenters. The Morgan fingerprint density at radius 2 is 2.18 bits per heavy atom. The number of ether oxygens (including phenoxy) is 1. The number of rotatable bonds is 3. The third kappa shape index (κ3) is 3.63. The maximum absolute atomic E-state index is 12.1. The summed E-state index contributed by atoms with van der Waals surface area (Å²) in [6.45, 7) is 2.07. The first kappa shape index (κ1) is 15.0. The van der Waals surface area contributed by atoms with Crippen LogP contribution >= 0.6 is 0 Å². The second kappa shape index (κ2) is 6.45. The van der Waals surface area contributed by atoms with Gasteiger partial charge in [-0.2, -0.15) is 4.99 Å². The molecule has 0 spiro atoms. The number of benzene rings is 1. The number of anilines is 1. The maximum atomic E-state index is 12.1. The largest absolute Gasteiger partial charge is 0.460 e. The Labute approximate surface area is 131 Å². The first-order valence-electron chi connectivity index (χ1n) is 7.07. The van der Waals surface area contributed by atoms with Crippen molar-refractivity contribution in [2.75, 3.05) is 36.5 Å². The lowest BCUT2D eigenvalue weighted by atomic mass is 10.1. The van der Waals surface area contributed by atoms with Gasteiger partial charge in [0.25, 0.3) is 6.02 Å². The number of nitrogens with zero attached hydrogens (tertiary/aromatic N) is 2. The Bertz CT molecular complexity index is 637. The molecular formula is C14H18N4O3S. The van der Waals surface area contributed by atoms with Gasteiger partial charge in [-0.15, -0.1) is 0 Å². The van der Waals surface area contributed by atoms with E-state index in [0.29, 0.717) is 43.4 Å². The highest BCUT2D eigenvalue weighted by Gasteiger charge is 2.18. The van der Waals surface area contributed by atoms with Gasteiger partial charge in [0.1, 0.15) is 6.61 Å². The molecule has 1 amide bonds. The van der Waals surface area contributed by atoms with Crippen LogP contribution in [0, 0.1) is 0 Å². The number of fused-ring (bicyclic) bond motifs is 1. The highest BCUT2D eigenvalue weighted by atomic mass is 32.2. The van der Waals surface area contributed by atoms with Crippen LogP contribution in [0.15, 0.2) is 23.2 Å². The summed E-state index contributed by atoms with van der Waals surface area (Å²) in [7, 11) is -0.728. The molecule has 0 aliphatic carbocycles. The van der Waals surface area contributed by atoms with Crippen LogP contribution < -0.4 is 11.1 Å². The number of nitrogens with one attached hydrogen (secondary N) is 1. The van der Waals surface area contributed by atoms with Crippen LogP contribution in [-0.2, 0) is 26.9 Å². The maximum Gasteiger partial charge on any atom is 0.287 e. The van der Waals surface area contributed by atoms with Gasteiger partial charge in [0.15, 0.2) is 0 Å². The van der Waals surface area contributed by atoms with Crippen LogP contribution in [0.25, 0.3) is 0 Å². The molecule has 118 valence electrons. The van der Waals surface area contributed by atoms with Crippen molar-refractivity contribution < 1.29 is 13.7 Å². The summed E-state index contributed by atoms with van der Waals surface area (Å²) in [6, 6.07) is 5.61. The van der Waals surface area contributed by atoms with Gasteiger partial charge in [0.05, 0.1) is 12.2 Å². The van der Waals surface area contributed by atoms with Crippen LogP contribution in [-0.4, -0.2) is 52.2 Å². The molecule has 8 heteroatoms. The molecule has 1 fully saturated rings. The molecule has 1 aromatic rings. The molecule has 1 saturated heterocycles. The second-order valence-electron chi connectivity index (χ2n) is 5.25. The number of carbonyl (C=O) groups excluding carboxylic acids is 1. The Balaban J connectivity index is 1.59. The number of nitrogens with two attached hydrogens (primary N) is 1. The van der Waals surface area contributed by atoms with Crippen LogP contribution in [0.2, 0.25) is 0 Å². The molecule has 0 aromatic heterocycles. The fourth-order valence-electron chi connectivity index (χ4n) is 2.43. The number of amidine groups is 1. The minimum atomic E-state index is -0.728. The zero-order valence-corrected chi connectivity index (χ0v) is 12.9. The lowest BCUT2D eigenvalue weighted by Crippen LogP contribution is -2.42. The van der Waals surface area contributed by atoms with E-state index in [1.807, 2.05) is 17.0 Å². The molecule has 22 heavy (non-hydrogen) atoms. The van der Waals surface area contributed by atoms with Crippen molar-refractivity contribution >= 4 is 34.1 Å². The number of hydrogen-bond donors (Lipinski definition) is 2. The van der Waals surface area contributed by atoms with E-state index in [9.17, 15) is 9.00 Å². The van der Waals surface area contributed by atoms with Crippen LogP contribution in [0.1, 0.15) is 5.56 Å². The molecule has 7 nitrogen and oxygen atoms in total. The monoisotopic (exact) mass is 322 g/mol. The Hall–Kier alpha value is -1.93. The van der Waals surface area contributed by atoms with Crippen LogP contribution in [0.5, 0.6) is 0 Å². The van der Waals surface area contributed by atoms with E-state index in [4.69, 9.17) is 10.5 Å². The number of amides is 1. The SMILES string of the molecule is NC1=Nc2ccc(NC(=O)CN3CCS(=O)CC3)cc2CO1. The predicted molar refractivity (Wildman–Crippen MR) is 85.5 cm³/mol. The summed E-state index contributed by atoms with van der Waals surface area (Å²) in [6.07, 6.45) is 0. The average Bonchev–Trinajstić information content (AvgIpc) is 2.50. The summed E-state index contributed by atoms with van der Waals surface area (Å²) in [4.78, 5) is 18.2. The van der Waals surface area contributed by atoms with Gasteiger partial charge in [0.2, 0.25) is 5.91 Å². The van der Waals surface area contributed by atoms with Crippen molar-refractivity contribution in [3.05, 3.63) is 23.8 Å². The van der Waals surface area contributed by atoms with Crippen molar-refractivity contribution in [1.29, 1.82) is 0 Å². The quantitative estimate of drug-likeness (QED) is 0.826. The molecule has 0 unspecified atom stereocenters. The van der Waals surface area contributed by atoms with Gasteiger partial charge in [0, 0.05) is 46.6 Å². The van der Waals surface area contributed by atoms with Gasteiger partial charge >= 0.3 is 0 Å². The summed E-state index contributed by atoms with van der Waals surface area (Å²) < 4.78 is 16.5. The van der Waals surface area contributed by atoms with Gasteiger partial charge in [-0.05, 0) is 18.2 Å². The third-order valence-corrected chi connectivity index (χ3v) is 4.88. The molecular weight excluding hydrogens is 304 g/mol. The molecule has 1 aromatic carbocycles. The van der Waals surface area contributed by atoms with Crippen LogP contribution in [0.3, 0.4) is 0 Å². The highest BCUT2D eigenvalue weighted by molar-refractivity contribution is 7.85. The second-order valence-corrected chi connectivity index (χ2v) is 6.95. The minimum absolute atomic E-state index is 0.0765. The van der Waals surface area contributed by atoms with Crippen molar-refractivity contribution in [3.8, 4) is 0 Å².